The van der Waals surface area contributed by atoms with E-state index in [0.29, 0.717) is 13.2 Å². The fourth-order valence-electron chi connectivity index (χ4n) is 2.83. The Bertz CT molecular complexity index is 412. The average molecular weight is 346 g/mol. The van der Waals surface area contributed by atoms with Crippen LogP contribution in [0.1, 0.15) is 41.5 Å². The molecule has 0 aromatic carbocycles. The number of esters is 1. The van der Waals surface area contributed by atoms with Crippen molar-refractivity contribution in [1.29, 1.82) is 0 Å². The molecule has 7 heteroatoms. The molecule has 0 N–H and O–H groups in total. The van der Waals surface area contributed by atoms with Crippen molar-refractivity contribution in [3.8, 4) is 0 Å². The number of carbonyl (C=O) groups is 1. The van der Waals surface area contributed by atoms with E-state index in [2.05, 4.69) is 0 Å². The summed E-state index contributed by atoms with van der Waals surface area (Å²) in [7, 11) is 0. The number of rotatable bonds is 6. The molecule has 2 aliphatic heterocycles. The summed E-state index contributed by atoms with van der Waals surface area (Å²) in [6.07, 6.45) is -2.99. The van der Waals surface area contributed by atoms with Crippen molar-refractivity contribution in [2.24, 2.45) is 5.92 Å². The minimum atomic E-state index is -0.705. The van der Waals surface area contributed by atoms with Gasteiger partial charge in [0.15, 0.2) is 18.7 Å². The number of fused-ring (bicyclic) bond motifs is 1. The Kier molecular flexibility index (Phi) is 7.00. The minimum absolute atomic E-state index is 0.0574. The van der Waals surface area contributed by atoms with Gasteiger partial charge in [0.05, 0.1) is 18.6 Å². The van der Waals surface area contributed by atoms with Crippen LogP contribution in [0.2, 0.25) is 0 Å². The zero-order valence-electron chi connectivity index (χ0n) is 15.4. The van der Waals surface area contributed by atoms with Crippen molar-refractivity contribution in [2.75, 3.05) is 13.2 Å². The summed E-state index contributed by atoms with van der Waals surface area (Å²) in [6.45, 7) is 12.0. The second-order valence-electron chi connectivity index (χ2n) is 6.71. The lowest BCUT2D eigenvalue weighted by Crippen LogP contribution is -2.65. The zero-order valence-corrected chi connectivity index (χ0v) is 15.4. The Balaban J connectivity index is 2.25. The summed E-state index contributed by atoms with van der Waals surface area (Å²) in [5, 5.41) is 0. The molecule has 24 heavy (non-hydrogen) atoms. The van der Waals surface area contributed by atoms with Gasteiger partial charge in [-0.15, -0.1) is 0 Å². The lowest BCUT2D eigenvalue weighted by molar-refractivity contribution is -0.363. The normalized spacial score (nSPS) is 36.7. The summed E-state index contributed by atoms with van der Waals surface area (Å²) >= 11 is 0. The van der Waals surface area contributed by atoms with E-state index >= 15 is 0 Å². The predicted octanol–water partition coefficient (Wildman–Crippen LogP) is 1.87. The van der Waals surface area contributed by atoms with Crippen LogP contribution in [0.3, 0.4) is 0 Å². The van der Waals surface area contributed by atoms with Gasteiger partial charge in [-0.25, -0.2) is 0 Å². The van der Waals surface area contributed by atoms with Crippen molar-refractivity contribution in [3.63, 3.8) is 0 Å². The van der Waals surface area contributed by atoms with Gasteiger partial charge in [0.25, 0.3) is 0 Å². The van der Waals surface area contributed by atoms with Crippen LogP contribution in [0.4, 0.5) is 0 Å². The van der Waals surface area contributed by atoms with Crippen LogP contribution in [-0.4, -0.2) is 62.3 Å². The van der Waals surface area contributed by atoms with Crippen molar-refractivity contribution in [1.82, 2.24) is 0 Å². The molecule has 2 aliphatic rings. The van der Waals surface area contributed by atoms with Gasteiger partial charge < -0.3 is 28.4 Å². The van der Waals surface area contributed by atoms with Crippen LogP contribution in [-0.2, 0) is 33.2 Å². The molecule has 0 spiro atoms. The van der Waals surface area contributed by atoms with E-state index in [1.807, 2.05) is 27.7 Å². The highest BCUT2D eigenvalue weighted by molar-refractivity contribution is 5.71. The fraction of sp³-hybridized carbons (Fsp3) is 0.941. The molecule has 0 aromatic rings. The summed E-state index contributed by atoms with van der Waals surface area (Å²) in [6, 6.07) is 0. The first-order chi connectivity index (χ1) is 11.3. The van der Waals surface area contributed by atoms with E-state index in [9.17, 15) is 4.79 Å². The van der Waals surface area contributed by atoms with E-state index in [1.165, 1.54) is 0 Å². The third-order valence-electron chi connectivity index (χ3n) is 3.92. The van der Waals surface area contributed by atoms with Gasteiger partial charge in [0, 0.05) is 6.61 Å². The zero-order chi connectivity index (χ0) is 17.9. The SMILES string of the molecule is CCO[C@@H]1OC2COC(C)O[C@H]2[C@H](OC(C)C)C1OC(=O)C(C)C. The standard InChI is InChI=1S/C17H30O7/c1-7-19-17-15(24-16(18)9(2)3)14(21-10(4)5)13-12(23-17)8-20-11(6)22-13/h9-15,17H,7-8H2,1-6H3/t11?,12?,13-,14+,15?,17-/m1/s1. The van der Waals surface area contributed by atoms with Gasteiger partial charge in [-0.3, -0.25) is 4.79 Å². The molecule has 0 radical (unpaired) electrons. The molecule has 0 amide bonds. The minimum Gasteiger partial charge on any atom is -0.454 e. The molecule has 0 aromatic heterocycles. The smallest absolute Gasteiger partial charge is 0.308 e. The third-order valence-corrected chi connectivity index (χ3v) is 3.92. The molecule has 140 valence electrons. The van der Waals surface area contributed by atoms with E-state index in [4.69, 9.17) is 28.4 Å². The fourth-order valence-corrected chi connectivity index (χ4v) is 2.83. The largest absolute Gasteiger partial charge is 0.454 e. The van der Waals surface area contributed by atoms with Crippen molar-refractivity contribution >= 4 is 5.97 Å². The number of hydrogen-bond acceptors (Lipinski definition) is 7. The lowest BCUT2D eigenvalue weighted by atomic mass is 9.97. The highest BCUT2D eigenvalue weighted by atomic mass is 16.8. The van der Waals surface area contributed by atoms with Gasteiger partial charge in [0.2, 0.25) is 0 Å². The topological polar surface area (TPSA) is 72.5 Å². The number of hydrogen-bond donors (Lipinski definition) is 0. The molecule has 2 heterocycles. The Labute approximate surface area is 143 Å². The third kappa shape index (κ3) is 4.67. The van der Waals surface area contributed by atoms with E-state index < -0.39 is 18.5 Å². The number of ether oxygens (including phenoxy) is 6. The summed E-state index contributed by atoms with van der Waals surface area (Å²) < 4.78 is 34.8. The van der Waals surface area contributed by atoms with Crippen LogP contribution >= 0.6 is 0 Å². The Morgan fingerprint density at radius 1 is 1.17 bits per heavy atom. The Morgan fingerprint density at radius 3 is 2.46 bits per heavy atom. The van der Waals surface area contributed by atoms with Crippen LogP contribution in [0.5, 0.6) is 0 Å². The van der Waals surface area contributed by atoms with Gasteiger partial charge >= 0.3 is 5.97 Å². The van der Waals surface area contributed by atoms with Crippen molar-refractivity contribution < 1.29 is 33.2 Å². The molecule has 2 rings (SSSR count). The van der Waals surface area contributed by atoms with Crippen molar-refractivity contribution in [2.45, 2.75) is 84.6 Å². The monoisotopic (exact) mass is 346 g/mol. The highest BCUT2D eigenvalue weighted by Crippen LogP contribution is 2.33. The second-order valence-corrected chi connectivity index (χ2v) is 6.71. The molecular formula is C17H30O7. The van der Waals surface area contributed by atoms with Gasteiger partial charge in [-0.1, -0.05) is 13.8 Å². The first kappa shape index (κ1) is 19.6. The molecule has 6 atom stereocenters. The van der Waals surface area contributed by atoms with Gasteiger partial charge in [0.1, 0.15) is 18.3 Å². The molecule has 0 bridgehead atoms. The van der Waals surface area contributed by atoms with Gasteiger partial charge in [-0.05, 0) is 27.7 Å². The summed E-state index contributed by atoms with van der Waals surface area (Å²) in [5.74, 6) is -0.566. The second kappa shape index (κ2) is 8.58. The van der Waals surface area contributed by atoms with E-state index in [1.54, 1.807) is 13.8 Å². The first-order valence-electron chi connectivity index (χ1n) is 8.73. The van der Waals surface area contributed by atoms with Crippen LogP contribution in [0, 0.1) is 5.92 Å². The lowest BCUT2D eigenvalue weighted by Gasteiger charge is -2.48. The van der Waals surface area contributed by atoms with E-state index in [-0.39, 0.29) is 36.5 Å². The maximum absolute atomic E-state index is 12.2. The molecule has 2 fully saturated rings. The molecule has 7 nitrogen and oxygen atoms in total. The summed E-state index contributed by atoms with van der Waals surface area (Å²) in [5.41, 5.74) is 0. The Hall–Kier alpha value is -0.730. The molecule has 0 saturated carbocycles. The van der Waals surface area contributed by atoms with Crippen LogP contribution < -0.4 is 0 Å². The van der Waals surface area contributed by atoms with Crippen LogP contribution in [0.15, 0.2) is 0 Å². The highest BCUT2D eigenvalue weighted by Gasteiger charge is 2.52. The van der Waals surface area contributed by atoms with E-state index in [0.717, 1.165) is 0 Å². The Morgan fingerprint density at radius 2 is 1.88 bits per heavy atom. The maximum atomic E-state index is 12.2. The quantitative estimate of drug-likeness (QED) is 0.680. The molecule has 0 aliphatic carbocycles. The maximum Gasteiger partial charge on any atom is 0.308 e. The number of carbonyl (C=O) groups excluding carboxylic acids is 1. The summed E-state index contributed by atoms with van der Waals surface area (Å²) in [4.78, 5) is 12.2. The first-order valence-corrected chi connectivity index (χ1v) is 8.73. The van der Waals surface area contributed by atoms with Crippen molar-refractivity contribution in [3.05, 3.63) is 0 Å². The van der Waals surface area contributed by atoms with Gasteiger partial charge in [-0.2, -0.15) is 0 Å². The molecular weight excluding hydrogens is 316 g/mol. The average Bonchev–Trinajstić information content (AvgIpc) is 2.50. The predicted molar refractivity (Wildman–Crippen MR) is 85.3 cm³/mol. The molecule has 3 unspecified atom stereocenters. The molecule has 2 saturated heterocycles. The van der Waals surface area contributed by atoms with Crippen LogP contribution in [0.25, 0.3) is 0 Å².